The first-order valence-electron chi connectivity index (χ1n) is 9.69. The minimum Gasteiger partial charge on any atom is -0.483 e. The topological polar surface area (TPSA) is 45.7 Å². The molecule has 0 bridgehead atoms. The third-order valence-electron chi connectivity index (χ3n) is 5.21. The Balaban J connectivity index is 1.32. The molecular weight excluding hydrogens is 475 g/mol. The number of carbonyl (C=O) groups is 1. The van der Waals surface area contributed by atoms with Crippen molar-refractivity contribution in [2.75, 3.05) is 37.7 Å². The van der Waals surface area contributed by atoms with E-state index in [2.05, 4.69) is 20.9 Å². The Morgan fingerprint density at radius 2 is 1.77 bits per heavy atom. The van der Waals surface area contributed by atoms with Gasteiger partial charge in [-0.15, -0.1) is 0 Å². The van der Waals surface area contributed by atoms with Crippen LogP contribution in [0.2, 0.25) is 0 Å². The quantitative estimate of drug-likeness (QED) is 0.526. The fraction of sp³-hybridized carbons (Fsp3) is 0.273. The second-order valence-corrected chi connectivity index (χ2v) is 7.95. The second-order valence-electron chi connectivity index (χ2n) is 7.16. The minimum absolute atomic E-state index is 0.0878. The molecule has 1 aliphatic rings. The summed E-state index contributed by atoms with van der Waals surface area (Å²) >= 11 is 3.55. The van der Waals surface area contributed by atoms with Crippen molar-refractivity contribution in [1.29, 1.82) is 0 Å². The van der Waals surface area contributed by atoms with E-state index in [4.69, 9.17) is 4.74 Å². The number of piperazine rings is 1. The standard InChI is InChI=1S/C22H19BrF3N3O2/c23-21-17-4-2-1-3-15(17)5-7-18(21)31-14-20(30)29-11-9-28(10-12-29)19-8-6-16(13-27-19)22(24,25)26/h1-8,13H,9-12,14H2. The van der Waals surface area contributed by atoms with Gasteiger partial charge >= 0.3 is 6.18 Å². The zero-order valence-corrected chi connectivity index (χ0v) is 18.0. The summed E-state index contributed by atoms with van der Waals surface area (Å²) < 4.78 is 44.6. The van der Waals surface area contributed by atoms with Crippen molar-refractivity contribution in [2.45, 2.75) is 6.18 Å². The molecule has 0 aliphatic carbocycles. The molecule has 0 radical (unpaired) electrons. The van der Waals surface area contributed by atoms with Crippen LogP contribution in [0.15, 0.2) is 59.2 Å². The molecule has 0 N–H and O–H groups in total. The van der Waals surface area contributed by atoms with E-state index < -0.39 is 11.7 Å². The van der Waals surface area contributed by atoms with Gasteiger partial charge in [-0.25, -0.2) is 4.98 Å². The Morgan fingerprint density at radius 3 is 2.45 bits per heavy atom. The van der Waals surface area contributed by atoms with Crippen LogP contribution >= 0.6 is 15.9 Å². The van der Waals surface area contributed by atoms with Gasteiger partial charge in [0, 0.05) is 32.4 Å². The third-order valence-corrected chi connectivity index (χ3v) is 6.03. The maximum atomic E-state index is 12.7. The number of pyridine rings is 1. The number of alkyl halides is 3. The minimum atomic E-state index is -4.41. The average molecular weight is 494 g/mol. The lowest BCUT2D eigenvalue weighted by Crippen LogP contribution is -2.50. The van der Waals surface area contributed by atoms with Crippen LogP contribution in [-0.4, -0.2) is 48.6 Å². The van der Waals surface area contributed by atoms with Crippen LogP contribution in [0.4, 0.5) is 19.0 Å². The van der Waals surface area contributed by atoms with Gasteiger partial charge in [0.1, 0.15) is 11.6 Å². The molecule has 0 saturated carbocycles. The number of halogens is 4. The highest BCUT2D eigenvalue weighted by Crippen LogP contribution is 2.33. The van der Waals surface area contributed by atoms with Gasteiger partial charge in [0.05, 0.1) is 10.0 Å². The summed E-state index contributed by atoms with van der Waals surface area (Å²) in [7, 11) is 0. The van der Waals surface area contributed by atoms with Crippen molar-refractivity contribution >= 4 is 38.4 Å². The van der Waals surface area contributed by atoms with E-state index in [1.165, 1.54) is 6.07 Å². The fourth-order valence-corrected chi connectivity index (χ4v) is 4.09. The highest BCUT2D eigenvalue weighted by atomic mass is 79.9. The van der Waals surface area contributed by atoms with Gasteiger partial charge in [0.2, 0.25) is 0 Å². The lowest BCUT2D eigenvalue weighted by molar-refractivity contribution is -0.138. The van der Waals surface area contributed by atoms with Crippen molar-refractivity contribution < 1.29 is 22.7 Å². The average Bonchev–Trinajstić information content (AvgIpc) is 2.78. The third kappa shape index (κ3) is 4.76. The largest absolute Gasteiger partial charge is 0.483 e. The van der Waals surface area contributed by atoms with Crippen LogP contribution in [0.5, 0.6) is 5.75 Å². The molecule has 0 spiro atoms. The summed E-state index contributed by atoms with van der Waals surface area (Å²) in [5.41, 5.74) is -0.776. The lowest BCUT2D eigenvalue weighted by Gasteiger charge is -2.35. The first-order valence-corrected chi connectivity index (χ1v) is 10.5. The van der Waals surface area contributed by atoms with Crippen molar-refractivity contribution in [2.24, 2.45) is 0 Å². The second kappa shape index (κ2) is 8.74. The number of carbonyl (C=O) groups excluding carboxylic acids is 1. The molecule has 1 aromatic heterocycles. The maximum absolute atomic E-state index is 12.7. The molecule has 1 amide bonds. The smallest absolute Gasteiger partial charge is 0.417 e. The van der Waals surface area contributed by atoms with E-state index in [1.807, 2.05) is 41.3 Å². The highest BCUT2D eigenvalue weighted by molar-refractivity contribution is 9.10. The molecule has 1 fully saturated rings. The Bertz CT molecular complexity index is 1080. The molecule has 31 heavy (non-hydrogen) atoms. The number of ether oxygens (including phenoxy) is 1. The Hall–Kier alpha value is -2.81. The van der Waals surface area contributed by atoms with Crippen LogP contribution in [-0.2, 0) is 11.0 Å². The molecule has 0 atom stereocenters. The molecule has 1 saturated heterocycles. The molecule has 162 valence electrons. The highest BCUT2D eigenvalue weighted by Gasteiger charge is 2.31. The molecule has 2 heterocycles. The monoisotopic (exact) mass is 493 g/mol. The first kappa shape index (κ1) is 21.4. The number of rotatable bonds is 4. The zero-order valence-electron chi connectivity index (χ0n) is 16.4. The molecule has 4 rings (SSSR count). The number of amides is 1. The van der Waals surface area contributed by atoms with Crippen LogP contribution in [0.3, 0.4) is 0 Å². The van der Waals surface area contributed by atoms with Gasteiger partial charge in [0.15, 0.2) is 6.61 Å². The lowest BCUT2D eigenvalue weighted by atomic mass is 10.1. The van der Waals surface area contributed by atoms with Crippen molar-refractivity contribution in [3.8, 4) is 5.75 Å². The SMILES string of the molecule is O=C(COc1ccc2ccccc2c1Br)N1CCN(c2ccc(C(F)(F)F)cn2)CC1. The normalized spacial score (nSPS) is 14.7. The fourth-order valence-electron chi connectivity index (χ4n) is 3.48. The number of benzene rings is 2. The Morgan fingerprint density at radius 1 is 1.03 bits per heavy atom. The molecule has 0 unspecified atom stereocenters. The van der Waals surface area contributed by atoms with Gasteiger partial charge < -0.3 is 14.5 Å². The van der Waals surface area contributed by atoms with E-state index in [-0.39, 0.29) is 12.5 Å². The number of aromatic nitrogens is 1. The number of hydrogen-bond acceptors (Lipinski definition) is 4. The van der Waals surface area contributed by atoms with E-state index in [9.17, 15) is 18.0 Å². The zero-order chi connectivity index (χ0) is 22.0. The Kier molecular flexibility index (Phi) is 6.04. The molecule has 2 aromatic carbocycles. The molecular formula is C22H19BrF3N3O2. The summed E-state index contributed by atoms with van der Waals surface area (Å²) in [5, 5.41) is 2.08. The van der Waals surface area contributed by atoms with Crippen molar-refractivity contribution in [1.82, 2.24) is 9.88 Å². The summed E-state index contributed by atoms with van der Waals surface area (Å²) in [6.45, 7) is 1.79. The summed E-state index contributed by atoms with van der Waals surface area (Å²) in [6, 6.07) is 14.0. The van der Waals surface area contributed by atoms with Gasteiger partial charge in [-0.2, -0.15) is 13.2 Å². The predicted octanol–water partition coefficient (Wildman–Crippen LogP) is 4.74. The van der Waals surface area contributed by atoms with Crippen LogP contribution < -0.4 is 9.64 Å². The van der Waals surface area contributed by atoms with E-state index in [0.29, 0.717) is 37.7 Å². The van der Waals surface area contributed by atoms with Gasteiger partial charge in [-0.05, 0) is 44.9 Å². The molecule has 5 nitrogen and oxygen atoms in total. The predicted molar refractivity (Wildman–Crippen MR) is 115 cm³/mol. The van der Waals surface area contributed by atoms with Crippen molar-refractivity contribution in [3.05, 3.63) is 64.8 Å². The van der Waals surface area contributed by atoms with Gasteiger partial charge in [-0.1, -0.05) is 30.3 Å². The Labute approximate surface area is 185 Å². The number of hydrogen-bond donors (Lipinski definition) is 0. The van der Waals surface area contributed by atoms with E-state index in [0.717, 1.165) is 27.5 Å². The summed E-state index contributed by atoms with van der Waals surface area (Å²) in [6.07, 6.45) is -3.57. The van der Waals surface area contributed by atoms with Crippen LogP contribution in [0.25, 0.3) is 10.8 Å². The molecule has 3 aromatic rings. The van der Waals surface area contributed by atoms with Gasteiger partial charge in [-0.3, -0.25) is 4.79 Å². The molecule has 1 aliphatic heterocycles. The summed E-state index contributed by atoms with van der Waals surface area (Å²) in [5.74, 6) is 0.927. The van der Waals surface area contributed by atoms with Crippen LogP contribution in [0, 0.1) is 0 Å². The number of nitrogens with zero attached hydrogens (tertiary/aromatic N) is 3. The molecule has 9 heteroatoms. The van der Waals surface area contributed by atoms with Gasteiger partial charge in [0.25, 0.3) is 5.91 Å². The number of anilines is 1. The summed E-state index contributed by atoms with van der Waals surface area (Å²) in [4.78, 5) is 20.0. The van der Waals surface area contributed by atoms with Crippen LogP contribution in [0.1, 0.15) is 5.56 Å². The van der Waals surface area contributed by atoms with Crippen molar-refractivity contribution in [3.63, 3.8) is 0 Å². The van der Waals surface area contributed by atoms with E-state index >= 15 is 0 Å². The number of fused-ring (bicyclic) bond motifs is 1. The maximum Gasteiger partial charge on any atom is 0.417 e. The first-order chi connectivity index (χ1) is 14.8. The van der Waals surface area contributed by atoms with E-state index in [1.54, 1.807) is 4.90 Å².